The molecule has 3 rings (SSSR count). The van der Waals surface area contributed by atoms with Gasteiger partial charge in [0.15, 0.2) is 6.10 Å². The summed E-state index contributed by atoms with van der Waals surface area (Å²) in [6, 6.07) is 16.4. The van der Waals surface area contributed by atoms with Crippen LogP contribution in [0.15, 0.2) is 53.0 Å². The fourth-order valence-electron chi connectivity index (χ4n) is 2.99. The lowest BCUT2D eigenvalue weighted by atomic mass is 10.1. The molecule has 0 fully saturated rings. The van der Waals surface area contributed by atoms with E-state index >= 15 is 0 Å². The van der Waals surface area contributed by atoms with Gasteiger partial charge in [-0.1, -0.05) is 60.1 Å². The lowest BCUT2D eigenvalue weighted by Crippen LogP contribution is -2.43. The van der Waals surface area contributed by atoms with E-state index in [0.29, 0.717) is 6.54 Å². The SMILES string of the molecule is CC(C)C1Oc2ccc(Br)cc2CN(CCSCc2ccccc2)C1=O. The topological polar surface area (TPSA) is 29.5 Å². The van der Waals surface area contributed by atoms with Crippen LogP contribution in [-0.2, 0) is 17.1 Å². The lowest BCUT2D eigenvalue weighted by Gasteiger charge is -2.25. The number of carbonyl (C=O) groups is 1. The van der Waals surface area contributed by atoms with E-state index in [1.165, 1.54) is 5.56 Å². The molecule has 1 unspecified atom stereocenters. The molecule has 0 saturated heterocycles. The number of fused-ring (bicyclic) bond motifs is 1. The first-order valence-electron chi connectivity index (χ1n) is 8.90. The Labute approximate surface area is 168 Å². The van der Waals surface area contributed by atoms with Crippen molar-refractivity contribution in [2.45, 2.75) is 32.2 Å². The molecule has 1 atom stereocenters. The van der Waals surface area contributed by atoms with Crippen LogP contribution in [0.2, 0.25) is 0 Å². The van der Waals surface area contributed by atoms with Gasteiger partial charge < -0.3 is 9.64 Å². The molecule has 3 nitrogen and oxygen atoms in total. The number of ether oxygens (including phenoxy) is 1. The van der Waals surface area contributed by atoms with Gasteiger partial charge in [0, 0.05) is 34.6 Å². The summed E-state index contributed by atoms with van der Waals surface area (Å²) in [6.45, 7) is 5.40. The van der Waals surface area contributed by atoms with Gasteiger partial charge in [-0.05, 0) is 29.7 Å². The summed E-state index contributed by atoms with van der Waals surface area (Å²) in [5, 5.41) is 0. The number of benzene rings is 2. The molecule has 0 aromatic heterocycles. The van der Waals surface area contributed by atoms with Gasteiger partial charge in [0.25, 0.3) is 5.91 Å². The number of thioether (sulfide) groups is 1. The van der Waals surface area contributed by atoms with Gasteiger partial charge in [0.05, 0.1) is 0 Å². The number of hydrogen-bond acceptors (Lipinski definition) is 3. The molecule has 1 aliphatic heterocycles. The first-order valence-corrected chi connectivity index (χ1v) is 10.8. The van der Waals surface area contributed by atoms with Crippen molar-refractivity contribution in [1.82, 2.24) is 4.90 Å². The molecule has 0 aliphatic carbocycles. The molecule has 1 heterocycles. The van der Waals surface area contributed by atoms with Crippen LogP contribution in [-0.4, -0.2) is 29.2 Å². The van der Waals surface area contributed by atoms with Crippen molar-refractivity contribution in [3.63, 3.8) is 0 Å². The van der Waals surface area contributed by atoms with Crippen LogP contribution in [0.4, 0.5) is 0 Å². The fraction of sp³-hybridized carbons (Fsp3) is 0.381. The molecule has 5 heteroatoms. The second kappa shape index (κ2) is 8.96. The Hall–Kier alpha value is -1.46. The molecular formula is C21H24BrNO2S. The third-order valence-corrected chi connectivity index (χ3v) is 5.92. The van der Waals surface area contributed by atoms with Crippen molar-refractivity contribution >= 4 is 33.6 Å². The monoisotopic (exact) mass is 433 g/mol. The first kappa shape index (κ1) is 19.3. The molecule has 1 aliphatic rings. The fourth-order valence-corrected chi connectivity index (χ4v) is 4.32. The van der Waals surface area contributed by atoms with Gasteiger partial charge in [-0.15, -0.1) is 0 Å². The van der Waals surface area contributed by atoms with E-state index in [-0.39, 0.29) is 11.8 Å². The van der Waals surface area contributed by atoms with E-state index in [2.05, 4.69) is 46.3 Å². The summed E-state index contributed by atoms with van der Waals surface area (Å²) in [4.78, 5) is 14.9. The third kappa shape index (κ3) is 4.83. The zero-order valence-electron chi connectivity index (χ0n) is 15.2. The van der Waals surface area contributed by atoms with Crippen LogP contribution in [0.3, 0.4) is 0 Å². The standard InChI is InChI=1S/C21H24BrNO2S/c1-15(2)20-21(24)23(10-11-26-14-16-6-4-3-5-7-16)13-17-12-18(22)8-9-19(17)25-20/h3-9,12,15,20H,10-11,13-14H2,1-2H3. The second-order valence-electron chi connectivity index (χ2n) is 6.83. The number of amides is 1. The van der Waals surface area contributed by atoms with Gasteiger partial charge in [0.1, 0.15) is 5.75 Å². The maximum Gasteiger partial charge on any atom is 0.264 e. The Kier molecular flexibility index (Phi) is 6.65. The quantitative estimate of drug-likeness (QED) is 0.591. The minimum Gasteiger partial charge on any atom is -0.480 e. The highest BCUT2D eigenvalue weighted by atomic mass is 79.9. The Bertz CT molecular complexity index is 751. The predicted molar refractivity (Wildman–Crippen MR) is 111 cm³/mol. The molecule has 2 aromatic carbocycles. The van der Waals surface area contributed by atoms with Gasteiger partial charge in [-0.25, -0.2) is 0 Å². The van der Waals surface area contributed by atoms with Crippen molar-refractivity contribution in [2.24, 2.45) is 5.92 Å². The molecule has 1 amide bonds. The van der Waals surface area contributed by atoms with Crippen LogP contribution >= 0.6 is 27.7 Å². The maximum atomic E-state index is 13.0. The van der Waals surface area contributed by atoms with E-state index < -0.39 is 6.10 Å². The van der Waals surface area contributed by atoms with Crippen molar-refractivity contribution in [2.75, 3.05) is 12.3 Å². The Morgan fingerprint density at radius 2 is 2.00 bits per heavy atom. The van der Waals surface area contributed by atoms with Crippen LogP contribution in [0.1, 0.15) is 25.0 Å². The summed E-state index contributed by atoms with van der Waals surface area (Å²) in [7, 11) is 0. The highest BCUT2D eigenvalue weighted by molar-refractivity contribution is 9.10. The lowest BCUT2D eigenvalue weighted by molar-refractivity contribution is -0.139. The van der Waals surface area contributed by atoms with E-state index in [1.54, 1.807) is 0 Å². The van der Waals surface area contributed by atoms with E-state index in [1.807, 2.05) is 48.7 Å². The number of rotatable bonds is 6. The van der Waals surface area contributed by atoms with Gasteiger partial charge in [-0.2, -0.15) is 11.8 Å². The minimum absolute atomic E-state index is 0.0904. The normalized spacial score (nSPS) is 17.0. The number of halogens is 1. The minimum atomic E-state index is -0.420. The maximum absolute atomic E-state index is 13.0. The van der Waals surface area contributed by atoms with E-state index in [9.17, 15) is 4.79 Å². The van der Waals surface area contributed by atoms with Crippen LogP contribution in [0, 0.1) is 5.92 Å². The van der Waals surface area contributed by atoms with Crippen molar-refractivity contribution in [3.05, 3.63) is 64.1 Å². The Morgan fingerprint density at radius 1 is 1.23 bits per heavy atom. The van der Waals surface area contributed by atoms with Gasteiger partial charge in [-0.3, -0.25) is 4.79 Å². The Balaban J connectivity index is 1.67. The summed E-state index contributed by atoms with van der Waals surface area (Å²) in [5.74, 6) is 2.92. The molecule has 2 aromatic rings. The molecule has 0 spiro atoms. The molecule has 0 radical (unpaired) electrons. The molecule has 0 saturated carbocycles. The first-order chi connectivity index (χ1) is 12.5. The highest BCUT2D eigenvalue weighted by Crippen LogP contribution is 2.30. The summed E-state index contributed by atoms with van der Waals surface area (Å²) >= 11 is 5.38. The van der Waals surface area contributed by atoms with Crippen LogP contribution in [0.5, 0.6) is 5.75 Å². The number of carbonyl (C=O) groups excluding carboxylic acids is 1. The molecule has 26 heavy (non-hydrogen) atoms. The average Bonchev–Trinajstić information content (AvgIpc) is 2.76. The zero-order chi connectivity index (χ0) is 18.5. The van der Waals surface area contributed by atoms with E-state index in [4.69, 9.17) is 4.74 Å². The van der Waals surface area contributed by atoms with Gasteiger partial charge >= 0.3 is 0 Å². The molecule has 138 valence electrons. The molecule has 0 bridgehead atoms. The van der Waals surface area contributed by atoms with E-state index in [0.717, 1.165) is 33.8 Å². The largest absolute Gasteiger partial charge is 0.480 e. The second-order valence-corrected chi connectivity index (χ2v) is 8.85. The molecule has 0 N–H and O–H groups in total. The van der Waals surface area contributed by atoms with Crippen LogP contribution in [0.25, 0.3) is 0 Å². The van der Waals surface area contributed by atoms with Gasteiger partial charge in [0.2, 0.25) is 0 Å². The Morgan fingerprint density at radius 3 is 2.73 bits per heavy atom. The number of hydrogen-bond donors (Lipinski definition) is 0. The van der Waals surface area contributed by atoms with Crippen molar-refractivity contribution in [3.8, 4) is 5.75 Å². The van der Waals surface area contributed by atoms with Crippen LogP contribution < -0.4 is 4.74 Å². The summed E-state index contributed by atoms with van der Waals surface area (Å²) in [6.07, 6.45) is -0.420. The molecular weight excluding hydrogens is 410 g/mol. The third-order valence-electron chi connectivity index (χ3n) is 4.42. The zero-order valence-corrected chi connectivity index (χ0v) is 17.6. The summed E-state index contributed by atoms with van der Waals surface area (Å²) in [5.41, 5.74) is 2.38. The average molecular weight is 434 g/mol. The van der Waals surface area contributed by atoms with Crippen molar-refractivity contribution in [1.29, 1.82) is 0 Å². The summed E-state index contributed by atoms with van der Waals surface area (Å²) < 4.78 is 7.08. The smallest absolute Gasteiger partial charge is 0.264 e. The number of nitrogens with zero attached hydrogens (tertiary/aromatic N) is 1. The highest BCUT2D eigenvalue weighted by Gasteiger charge is 2.32. The van der Waals surface area contributed by atoms with Crippen molar-refractivity contribution < 1.29 is 9.53 Å². The predicted octanol–water partition coefficient (Wildman–Crippen LogP) is 5.13.